The van der Waals surface area contributed by atoms with Gasteiger partial charge in [0.05, 0.1) is 13.2 Å². The maximum absolute atomic E-state index is 12.9. The van der Waals surface area contributed by atoms with Crippen LogP contribution in [0.15, 0.2) is 24.3 Å². The van der Waals surface area contributed by atoms with E-state index in [1.807, 2.05) is 38.1 Å². The number of ether oxygens (including phenoxy) is 2. The zero-order valence-corrected chi connectivity index (χ0v) is 15.4. The van der Waals surface area contributed by atoms with Gasteiger partial charge >= 0.3 is 6.03 Å². The number of para-hydroxylation sites is 2. The number of urea groups is 1. The Hall–Kier alpha value is -2.28. The van der Waals surface area contributed by atoms with Crippen LogP contribution in [0.2, 0.25) is 0 Å². The summed E-state index contributed by atoms with van der Waals surface area (Å²) in [5.74, 6) is 1.27. The van der Waals surface area contributed by atoms with Crippen LogP contribution in [0.1, 0.15) is 26.7 Å². The van der Waals surface area contributed by atoms with Gasteiger partial charge in [0.15, 0.2) is 11.5 Å². The molecule has 0 radical (unpaired) electrons. The molecule has 2 aliphatic rings. The Bertz CT molecular complexity index is 660. The molecule has 1 unspecified atom stereocenters. The average Bonchev–Trinajstić information content (AvgIpc) is 2.88. The van der Waals surface area contributed by atoms with Crippen molar-refractivity contribution in [2.75, 3.05) is 32.8 Å². The molecule has 0 aliphatic carbocycles. The summed E-state index contributed by atoms with van der Waals surface area (Å²) in [6.45, 7) is 6.49. The fourth-order valence-corrected chi connectivity index (χ4v) is 3.69. The highest BCUT2D eigenvalue weighted by molar-refractivity contribution is 6.07. The first-order valence-corrected chi connectivity index (χ1v) is 9.25. The van der Waals surface area contributed by atoms with Crippen molar-refractivity contribution in [2.45, 2.75) is 32.2 Å². The number of nitrogens with one attached hydrogen (secondary N) is 2. The van der Waals surface area contributed by atoms with Crippen molar-refractivity contribution in [1.82, 2.24) is 15.5 Å². The molecule has 7 nitrogen and oxygen atoms in total. The number of nitrogens with zero attached hydrogens (tertiary/aromatic N) is 1. The third-order valence-electron chi connectivity index (χ3n) is 5.18. The Morgan fingerprint density at radius 3 is 2.46 bits per heavy atom. The van der Waals surface area contributed by atoms with Crippen LogP contribution >= 0.6 is 0 Å². The van der Waals surface area contributed by atoms with Crippen LogP contribution in [-0.4, -0.2) is 55.2 Å². The molecule has 26 heavy (non-hydrogen) atoms. The van der Waals surface area contributed by atoms with Crippen LogP contribution in [0.5, 0.6) is 11.5 Å². The van der Waals surface area contributed by atoms with Gasteiger partial charge in [-0.05, 0) is 57.8 Å². The molecule has 142 valence electrons. The predicted octanol–water partition coefficient (Wildman–Crippen LogP) is 1.77. The van der Waals surface area contributed by atoms with Crippen molar-refractivity contribution < 1.29 is 19.1 Å². The maximum Gasteiger partial charge on any atom is 0.325 e. The number of benzene rings is 1. The van der Waals surface area contributed by atoms with E-state index >= 15 is 0 Å². The molecule has 0 bridgehead atoms. The number of carbonyl (C=O) groups excluding carboxylic acids is 2. The smallest absolute Gasteiger partial charge is 0.325 e. The van der Waals surface area contributed by atoms with E-state index in [-0.39, 0.29) is 31.0 Å². The molecule has 1 aromatic rings. The van der Waals surface area contributed by atoms with E-state index in [0.29, 0.717) is 18.1 Å². The summed E-state index contributed by atoms with van der Waals surface area (Å²) in [4.78, 5) is 26.5. The lowest BCUT2D eigenvalue weighted by atomic mass is 9.79. The van der Waals surface area contributed by atoms with E-state index in [9.17, 15) is 9.59 Å². The van der Waals surface area contributed by atoms with Crippen molar-refractivity contribution in [2.24, 2.45) is 5.92 Å². The van der Waals surface area contributed by atoms with Gasteiger partial charge in [-0.25, -0.2) is 4.79 Å². The Labute approximate surface area is 154 Å². The molecule has 0 saturated carbocycles. The maximum atomic E-state index is 12.9. The van der Waals surface area contributed by atoms with Gasteiger partial charge in [-0.2, -0.15) is 0 Å². The number of carbonyl (C=O) groups is 2. The van der Waals surface area contributed by atoms with Gasteiger partial charge < -0.3 is 20.1 Å². The Kier molecular flexibility index (Phi) is 5.66. The summed E-state index contributed by atoms with van der Waals surface area (Å²) < 4.78 is 11.3. The van der Waals surface area contributed by atoms with E-state index in [4.69, 9.17) is 9.47 Å². The topological polar surface area (TPSA) is 79.9 Å². The molecule has 2 heterocycles. The van der Waals surface area contributed by atoms with Gasteiger partial charge in [-0.3, -0.25) is 9.69 Å². The second-order valence-electron chi connectivity index (χ2n) is 6.84. The lowest BCUT2D eigenvalue weighted by Crippen LogP contribution is -2.53. The Morgan fingerprint density at radius 1 is 1.15 bits per heavy atom. The molecular weight excluding hydrogens is 334 g/mol. The van der Waals surface area contributed by atoms with Gasteiger partial charge in [-0.1, -0.05) is 12.1 Å². The minimum absolute atomic E-state index is 0.156. The number of imide groups is 1. The van der Waals surface area contributed by atoms with Crippen molar-refractivity contribution in [3.63, 3.8) is 0 Å². The fourth-order valence-electron chi connectivity index (χ4n) is 3.69. The molecular formula is C19H27N3O4. The van der Waals surface area contributed by atoms with Crippen molar-refractivity contribution >= 4 is 11.9 Å². The van der Waals surface area contributed by atoms with Gasteiger partial charge in [0.1, 0.15) is 12.1 Å². The minimum Gasteiger partial charge on any atom is -0.490 e. The second-order valence-corrected chi connectivity index (χ2v) is 6.84. The monoisotopic (exact) mass is 361 g/mol. The number of piperidine rings is 1. The normalized spacial score (nSPS) is 23.8. The summed E-state index contributed by atoms with van der Waals surface area (Å²) in [6.07, 6.45) is 1.77. The molecule has 2 saturated heterocycles. The lowest BCUT2D eigenvalue weighted by Gasteiger charge is -2.34. The van der Waals surface area contributed by atoms with Crippen LogP contribution in [0.25, 0.3) is 0 Å². The Morgan fingerprint density at radius 2 is 1.81 bits per heavy atom. The number of amides is 3. The van der Waals surface area contributed by atoms with E-state index in [0.717, 1.165) is 25.9 Å². The van der Waals surface area contributed by atoms with Crippen LogP contribution in [0.3, 0.4) is 0 Å². The summed E-state index contributed by atoms with van der Waals surface area (Å²) >= 11 is 0. The number of hydrogen-bond acceptors (Lipinski definition) is 5. The first kappa shape index (κ1) is 18.5. The number of rotatable bonds is 7. The van der Waals surface area contributed by atoms with Crippen LogP contribution < -0.4 is 20.1 Å². The van der Waals surface area contributed by atoms with E-state index in [2.05, 4.69) is 10.6 Å². The fraction of sp³-hybridized carbons (Fsp3) is 0.579. The molecule has 3 rings (SSSR count). The highest BCUT2D eigenvalue weighted by atomic mass is 16.5. The summed E-state index contributed by atoms with van der Waals surface area (Å²) in [6, 6.07) is 7.05. The average molecular weight is 361 g/mol. The van der Waals surface area contributed by atoms with Crippen molar-refractivity contribution in [1.29, 1.82) is 0 Å². The molecule has 3 amide bonds. The van der Waals surface area contributed by atoms with E-state index < -0.39 is 5.54 Å². The van der Waals surface area contributed by atoms with Gasteiger partial charge in [0, 0.05) is 0 Å². The molecule has 2 fully saturated rings. The summed E-state index contributed by atoms with van der Waals surface area (Å²) in [5, 5.41) is 6.20. The molecule has 7 heteroatoms. The number of hydrogen-bond donors (Lipinski definition) is 2. The highest BCUT2D eigenvalue weighted by Gasteiger charge is 2.52. The summed E-state index contributed by atoms with van der Waals surface area (Å²) in [7, 11) is 0. The largest absolute Gasteiger partial charge is 0.490 e. The highest BCUT2D eigenvalue weighted by Crippen LogP contribution is 2.32. The third kappa shape index (κ3) is 3.62. The van der Waals surface area contributed by atoms with E-state index in [1.165, 1.54) is 4.90 Å². The lowest BCUT2D eigenvalue weighted by molar-refractivity contribution is -0.133. The van der Waals surface area contributed by atoms with Crippen LogP contribution in [0.4, 0.5) is 4.79 Å². The quantitative estimate of drug-likeness (QED) is 0.724. The summed E-state index contributed by atoms with van der Waals surface area (Å²) in [5.41, 5.74) is -0.817. The predicted molar refractivity (Wildman–Crippen MR) is 97.3 cm³/mol. The van der Waals surface area contributed by atoms with Crippen LogP contribution in [0, 0.1) is 5.92 Å². The SMILES string of the molecule is CCOc1ccccc1OCCN1C(=O)NC(C)(C2CCNCC2)C1=O. The molecule has 0 aromatic heterocycles. The molecule has 2 N–H and O–H groups in total. The van der Waals surface area contributed by atoms with Crippen molar-refractivity contribution in [3.05, 3.63) is 24.3 Å². The minimum atomic E-state index is -0.817. The van der Waals surface area contributed by atoms with Gasteiger partial charge in [-0.15, -0.1) is 0 Å². The van der Waals surface area contributed by atoms with E-state index in [1.54, 1.807) is 0 Å². The van der Waals surface area contributed by atoms with Gasteiger partial charge in [0.2, 0.25) is 0 Å². The zero-order chi connectivity index (χ0) is 18.6. The van der Waals surface area contributed by atoms with Crippen molar-refractivity contribution in [3.8, 4) is 11.5 Å². The molecule has 0 spiro atoms. The first-order valence-electron chi connectivity index (χ1n) is 9.25. The Balaban J connectivity index is 1.60. The second kappa shape index (κ2) is 7.95. The first-order chi connectivity index (χ1) is 12.6. The standard InChI is InChI=1S/C19H27N3O4/c1-3-25-15-6-4-5-7-16(15)26-13-12-22-17(23)19(2,21-18(22)24)14-8-10-20-11-9-14/h4-7,14,20H,3,8-13H2,1-2H3,(H,21,24). The molecule has 1 atom stereocenters. The molecule has 2 aliphatic heterocycles. The van der Waals surface area contributed by atoms with Gasteiger partial charge in [0.25, 0.3) is 5.91 Å². The molecule has 1 aromatic carbocycles. The third-order valence-corrected chi connectivity index (χ3v) is 5.18. The van der Waals surface area contributed by atoms with Crippen LogP contribution in [-0.2, 0) is 4.79 Å². The zero-order valence-electron chi connectivity index (χ0n) is 15.4.